The summed E-state index contributed by atoms with van der Waals surface area (Å²) in [6.45, 7) is 8.32. The van der Waals surface area contributed by atoms with Crippen LogP contribution in [0.1, 0.15) is 59.3 Å². The topological polar surface area (TPSA) is 52.6 Å². The number of rotatable bonds is 12. The van der Waals surface area contributed by atoms with Crippen molar-refractivity contribution in [2.75, 3.05) is 26.2 Å². The number of hydrogen-bond acceptors (Lipinski definition) is 3. The monoisotopic (exact) mass is 272 g/mol. The maximum Gasteiger partial charge on any atom is 0.236 e. The van der Waals surface area contributed by atoms with Crippen molar-refractivity contribution in [2.45, 2.75) is 65.3 Å². The molecule has 4 heteroatoms. The quantitative estimate of drug-likeness (QED) is 0.535. The molecule has 0 saturated heterocycles. The highest BCUT2D eigenvalue weighted by Gasteiger charge is 2.12. The van der Waals surface area contributed by atoms with Gasteiger partial charge in [0.15, 0.2) is 0 Å². The Balaban J connectivity index is 3.95. The van der Waals surface area contributed by atoms with E-state index >= 15 is 0 Å². The maximum absolute atomic E-state index is 12.1. The van der Waals surface area contributed by atoms with E-state index in [1.165, 1.54) is 25.7 Å². The number of unbranched alkanes of at least 4 members (excludes halogenated alkanes) is 4. The molecule has 0 unspecified atom stereocenters. The fourth-order valence-electron chi connectivity index (χ4n) is 1.93. The lowest BCUT2D eigenvalue weighted by Crippen LogP contribution is -2.41. The minimum Gasteiger partial charge on any atom is -0.396 e. The van der Waals surface area contributed by atoms with E-state index in [1.54, 1.807) is 0 Å². The van der Waals surface area contributed by atoms with Gasteiger partial charge in [0.05, 0.1) is 6.54 Å². The first-order valence-corrected chi connectivity index (χ1v) is 7.73. The maximum atomic E-state index is 12.1. The molecule has 0 spiro atoms. The third kappa shape index (κ3) is 11.0. The van der Waals surface area contributed by atoms with E-state index in [2.05, 4.69) is 12.2 Å². The molecule has 0 fully saturated rings. The Labute approximate surface area is 118 Å². The lowest BCUT2D eigenvalue weighted by Gasteiger charge is -2.23. The molecule has 0 atom stereocenters. The molecule has 19 heavy (non-hydrogen) atoms. The second-order valence-electron chi connectivity index (χ2n) is 5.41. The third-order valence-corrected chi connectivity index (χ3v) is 3.13. The van der Waals surface area contributed by atoms with Crippen molar-refractivity contribution in [2.24, 2.45) is 0 Å². The van der Waals surface area contributed by atoms with Gasteiger partial charge in [-0.1, -0.05) is 46.5 Å². The highest BCUT2D eigenvalue weighted by Crippen LogP contribution is 2.04. The van der Waals surface area contributed by atoms with Gasteiger partial charge in [0.2, 0.25) is 5.91 Å². The van der Waals surface area contributed by atoms with Gasteiger partial charge in [-0.3, -0.25) is 4.79 Å². The van der Waals surface area contributed by atoms with Crippen molar-refractivity contribution in [3.8, 4) is 0 Å². The minimum atomic E-state index is 0.150. The Morgan fingerprint density at radius 3 is 2.32 bits per heavy atom. The number of carbonyl (C=O) groups excluding carboxylic acids is 1. The summed E-state index contributed by atoms with van der Waals surface area (Å²) in [6.07, 6.45) is 6.70. The van der Waals surface area contributed by atoms with Gasteiger partial charge in [-0.05, 0) is 12.8 Å². The molecule has 0 rings (SSSR count). The van der Waals surface area contributed by atoms with E-state index in [-0.39, 0.29) is 12.5 Å². The lowest BCUT2D eigenvalue weighted by atomic mass is 10.1. The Bertz CT molecular complexity index is 220. The van der Waals surface area contributed by atoms with Gasteiger partial charge in [-0.25, -0.2) is 0 Å². The molecule has 4 nitrogen and oxygen atoms in total. The van der Waals surface area contributed by atoms with Crippen molar-refractivity contribution in [3.63, 3.8) is 0 Å². The van der Waals surface area contributed by atoms with Gasteiger partial charge in [0.1, 0.15) is 0 Å². The average molecular weight is 272 g/mol. The summed E-state index contributed by atoms with van der Waals surface area (Å²) in [6, 6.07) is 0.327. The lowest BCUT2D eigenvalue weighted by molar-refractivity contribution is -0.130. The smallest absolute Gasteiger partial charge is 0.236 e. The predicted molar refractivity (Wildman–Crippen MR) is 80.2 cm³/mol. The van der Waals surface area contributed by atoms with Crippen LogP contribution in [0.15, 0.2) is 0 Å². The van der Waals surface area contributed by atoms with E-state index in [0.717, 1.165) is 13.0 Å². The highest BCUT2D eigenvalue weighted by atomic mass is 16.3. The Kier molecular flexibility index (Phi) is 12.0. The second kappa shape index (κ2) is 12.4. The summed E-state index contributed by atoms with van der Waals surface area (Å²) in [5, 5.41) is 12.1. The molecule has 0 aliphatic carbocycles. The summed E-state index contributed by atoms with van der Waals surface area (Å²) in [4.78, 5) is 13.9. The number of nitrogens with one attached hydrogen (secondary N) is 1. The fourth-order valence-corrected chi connectivity index (χ4v) is 1.93. The van der Waals surface area contributed by atoms with E-state index in [0.29, 0.717) is 25.6 Å². The summed E-state index contributed by atoms with van der Waals surface area (Å²) >= 11 is 0. The molecule has 0 aromatic carbocycles. The number of aliphatic hydroxyl groups excluding tert-OH is 1. The van der Waals surface area contributed by atoms with Gasteiger partial charge in [-0.2, -0.15) is 0 Å². The molecule has 0 radical (unpaired) electrons. The predicted octanol–water partition coefficient (Wildman–Crippen LogP) is 2.17. The fraction of sp³-hybridized carbons (Fsp3) is 0.933. The van der Waals surface area contributed by atoms with Crippen molar-refractivity contribution in [1.29, 1.82) is 0 Å². The average Bonchev–Trinajstić information content (AvgIpc) is 2.39. The van der Waals surface area contributed by atoms with Crippen LogP contribution in [-0.2, 0) is 4.79 Å². The third-order valence-electron chi connectivity index (χ3n) is 3.13. The van der Waals surface area contributed by atoms with Crippen molar-refractivity contribution >= 4 is 5.91 Å². The van der Waals surface area contributed by atoms with Gasteiger partial charge in [-0.15, -0.1) is 0 Å². The van der Waals surface area contributed by atoms with Crippen molar-refractivity contribution in [3.05, 3.63) is 0 Å². The first kappa shape index (κ1) is 18.4. The molecule has 0 aliphatic heterocycles. The van der Waals surface area contributed by atoms with Gasteiger partial charge in [0.25, 0.3) is 0 Å². The number of amides is 1. The first-order valence-electron chi connectivity index (χ1n) is 7.73. The Morgan fingerprint density at radius 1 is 1.11 bits per heavy atom. The highest BCUT2D eigenvalue weighted by molar-refractivity contribution is 5.78. The SMILES string of the molecule is CCCCCCCN(CCCO)C(=O)CNC(C)C. The van der Waals surface area contributed by atoms with Crippen molar-refractivity contribution in [1.82, 2.24) is 10.2 Å². The normalized spacial score (nSPS) is 11.0. The minimum absolute atomic E-state index is 0.150. The van der Waals surface area contributed by atoms with E-state index in [4.69, 9.17) is 5.11 Å². The number of aliphatic hydroxyl groups is 1. The van der Waals surface area contributed by atoms with Gasteiger partial charge < -0.3 is 15.3 Å². The number of hydrogen-bond donors (Lipinski definition) is 2. The van der Waals surface area contributed by atoms with Crippen LogP contribution in [0.5, 0.6) is 0 Å². The summed E-state index contributed by atoms with van der Waals surface area (Å²) in [7, 11) is 0. The molecule has 114 valence electrons. The molecular weight excluding hydrogens is 240 g/mol. The molecule has 0 saturated carbocycles. The zero-order chi connectivity index (χ0) is 14.5. The van der Waals surface area contributed by atoms with E-state index in [1.807, 2.05) is 18.7 Å². The summed E-state index contributed by atoms with van der Waals surface area (Å²) in [5.41, 5.74) is 0. The molecule has 0 bridgehead atoms. The zero-order valence-corrected chi connectivity index (χ0v) is 13.0. The standard InChI is InChI=1S/C15H32N2O2/c1-4-5-6-7-8-10-17(11-9-12-18)15(19)13-16-14(2)3/h14,16,18H,4-13H2,1-3H3. The summed E-state index contributed by atoms with van der Waals surface area (Å²) < 4.78 is 0. The molecule has 0 heterocycles. The van der Waals surface area contributed by atoms with Crippen LogP contribution in [0.3, 0.4) is 0 Å². The second-order valence-corrected chi connectivity index (χ2v) is 5.41. The number of nitrogens with zero attached hydrogens (tertiary/aromatic N) is 1. The van der Waals surface area contributed by atoms with E-state index in [9.17, 15) is 4.79 Å². The summed E-state index contributed by atoms with van der Waals surface area (Å²) in [5.74, 6) is 0.151. The van der Waals surface area contributed by atoms with Crippen LogP contribution < -0.4 is 5.32 Å². The Morgan fingerprint density at radius 2 is 1.74 bits per heavy atom. The molecule has 2 N–H and O–H groups in total. The largest absolute Gasteiger partial charge is 0.396 e. The van der Waals surface area contributed by atoms with Crippen LogP contribution in [-0.4, -0.2) is 48.2 Å². The van der Waals surface area contributed by atoms with Crippen LogP contribution in [0.25, 0.3) is 0 Å². The Hall–Kier alpha value is -0.610. The van der Waals surface area contributed by atoms with Crippen LogP contribution in [0, 0.1) is 0 Å². The molecule has 0 aliphatic rings. The van der Waals surface area contributed by atoms with Gasteiger partial charge in [0, 0.05) is 25.7 Å². The van der Waals surface area contributed by atoms with Gasteiger partial charge >= 0.3 is 0 Å². The first-order chi connectivity index (χ1) is 9.11. The molecule has 1 amide bonds. The van der Waals surface area contributed by atoms with E-state index < -0.39 is 0 Å². The van der Waals surface area contributed by atoms with Crippen LogP contribution in [0.4, 0.5) is 0 Å². The van der Waals surface area contributed by atoms with Crippen LogP contribution in [0.2, 0.25) is 0 Å². The van der Waals surface area contributed by atoms with Crippen LogP contribution >= 0.6 is 0 Å². The number of carbonyl (C=O) groups is 1. The molecule has 0 aromatic rings. The van der Waals surface area contributed by atoms with Crippen molar-refractivity contribution < 1.29 is 9.90 Å². The molecular formula is C15H32N2O2. The molecule has 0 aromatic heterocycles. The zero-order valence-electron chi connectivity index (χ0n) is 13.0.